The third-order valence-corrected chi connectivity index (χ3v) is 4.87. The van der Waals surface area contributed by atoms with Crippen LogP contribution in [0.5, 0.6) is 0 Å². The average Bonchev–Trinajstić information content (AvgIpc) is 2.41. The number of rotatable bonds is 4. The van der Waals surface area contributed by atoms with Gasteiger partial charge in [0.1, 0.15) is 5.82 Å². The van der Waals surface area contributed by atoms with E-state index < -0.39 is 0 Å². The molecule has 0 aliphatic carbocycles. The van der Waals surface area contributed by atoms with Gasteiger partial charge in [0, 0.05) is 8.59 Å². The zero-order valence-electron chi connectivity index (χ0n) is 12.3. The fourth-order valence-electron chi connectivity index (χ4n) is 2.35. The van der Waals surface area contributed by atoms with E-state index in [2.05, 4.69) is 54.7 Å². The van der Waals surface area contributed by atoms with Crippen LogP contribution in [0.1, 0.15) is 35.2 Å². The van der Waals surface area contributed by atoms with E-state index in [1.165, 1.54) is 17.2 Å². The van der Waals surface area contributed by atoms with Crippen LogP contribution < -0.4 is 5.32 Å². The van der Waals surface area contributed by atoms with Crippen LogP contribution in [0.4, 0.5) is 4.39 Å². The topological polar surface area (TPSA) is 12.0 Å². The summed E-state index contributed by atoms with van der Waals surface area (Å²) in [4.78, 5) is 0. The van der Waals surface area contributed by atoms with E-state index >= 15 is 0 Å². The van der Waals surface area contributed by atoms with Crippen LogP contribution in [0.15, 0.2) is 30.3 Å². The molecule has 0 aliphatic heterocycles. The van der Waals surface area contributed by atoms with Gasteiger partial charge >= 0.3 is 0 Å². The Labute approximate surface area is 144 Å². The number of halogens is 3. The number of aryl methyl sites for hydroxylation is 2. The number of hydrogen-bond donors (Lipinski definition) is 1. The van der Waals surface area contributed by atoms with Crippen molar-refractivity contribution in [1.29, 1.82) is 0 Å². The van der Waals surface area contributed by atoms with Gasteiger partial charge in [0.25, 0.3) is 0 Å². The standard InChI is InChI=1S/C17H18ClFIN/c1-4-21-17(13-6-5-12(19)9-16(13)20)14-7-10(2)11(3)8-15(14)18/h5-9,17,21H,4H2,1-3H3. The molecule has 0 radical (unpaired) electrons. The molecule has 21 heavy (non-hydrogen) atoms. The molecular formula is C17H18ClFIN. The first kappa shape index (κ1) is 16.7. The lowest BCUT2D eigenvalue weighted by Crippen LogP contribution is -2.23. The maximum absolute atomic E-state index is 13.3. The highest BCUT2D eigenvalue weighted by atomic mass is 127. The van der Waals surface area contributed by atoms with Gasteiger partial charge in [-0.3, -0.25) is 0 Å². The highest BCUT2D eigenvalue weighted by Gasteiger charge is 2.19. The van der Waals surface area contributed by atoms with E-state index in [1.807, 2.05) is 12.1 Å². The van der Waals surface area contributed by atoms with Gasteiger partial charge < -0.3 is 5.32 Å². The summed E-state index contributed by atoms with van der Waals surface area (Å²) in [6.45, 7) is 6.99. The van der Waals surface area contributed by atoms with Crippen LogP contribution >= 0.6 is 34.2 Å². The first-order valence-corrected chi connectivity index (χ1v) is 8.34. The summed E-state index contributed by atoms with van der Waals surface area (Å²) in [6.07, 6.45) is 0. The fraction of sp³-hybridized carbons (Fsp3) is 0.294. The van der Waals surface area contributed by atoms with Gasteiger partial charge in [0.05, 0.1) is 6.04 Å². The summed E-state index contributed by atoms with van der Waals surface area (Å²) in [5.74, 6) is -0.218. The molecule has 0 spiro atoms. The Bertz CT molecular complexity index is 657. The maximum atomic E-state index is 13.3. The SMILES string of the molecule is CCNC(c1cc(C)c(C)cc1Cl)c1ccc(F)cc1I. The Hall–Kier alpha value is -0.650. The quantitative estimate of drug-likeness (QED) is 0.657. The Kier molecular flexibility index (Phi) is 5.63. The zero-order chi connectivity index (χ0) is 15.6. The van der Waals surface area contributed by atoms with Crippen molar-refractivity contribution in [2.24, 2.45) is 0 Å². The second kappa shape index (κ2) is 7.07. The molecule has 0 saturated carbocycles. The van der Waals surface area contributed by atoms with Crippen LogP contribution in [0.2, 0.25) is 5.02 Å². The van der Waals surface area contributed by atoms with Crippen molar-refractivity contribution in [2.75, 3.05) is 6.54 Å². The number of nitrogens with one attached hydrogen (secondary N) is 1. The van der Waals surface area contributed by atoms with Gasteiger partial charge in [-0.05, 0) is 83.4 Å². The monoisotopic (exact) mass is 417 g/mol. The van der Waals surface area contributed by atoms with Crippen LogP contribution in [0.25, 0.3) is 0 Å². The van der Waals surface area contributed by atoms with Gasteiger partial charge in [-0.1, -0.05) is 30.7 Å². The molecule has 0 aliphatic rings. The summed E-state index contributed by atoms with van der Waals surface area (Å²) in [7, 11) is 0. The Morgan fingerprint density at radius 2 is 1.81 bits per heavy atom. The Morgan fingerprint density at radius 1 is 1.14 bits per heavy atom. The molecular weight excluding hydrogens is 400 g/mol. The second-order valence-corrected chi connectivity index (χ2v) is 6.68. The van der Waals surface area contributed by atoms with Gasteiger partial charge in [0.15, 0.2) is 0 Å². The van der Waals surface area contributed by atoms with Gasteiger partial charge in [-0.15, -0.1) is 0 Å². The molecule has 0 bridgehead atoms. The summed E-state index contributed by atoms with van der Waals surface area (Å²) >= 11 is 8.62. The maximum Gasteiger partial charge on any atom is 0.124 e. The molecule has 1 unspecified atom stereocenters. The average molecular weight is 418 g/mol. The lowest BCUT2D eigenvalue weighted by molar-refractivity contribution is 0.610. The van der Waals surface area contributed by atoms with Crippen molar-refractivity contribution >= 4 is 34.2 Å². The first-order valence-electron chi connectivity index (χ1n) is 6.89. The van der Waals surface area contributed by atoms with Crippen molar-refractivity contribution in [3.05, 3.63) is 67.0 Å². The summed E-state index contributed by atoms with van der Waals surface area (Å²) in [5.41, 5.74) is 4.46. The zero-order valence-corrected chi connectivity index (χ0v) is 15.2. The molecule has 2 aromatic rings. The molecule has 2 rings (SSSR count). The predicted molar refractivity (Wildman–Crippen MR) is 95.6 cm³/mol. The van der Waals surface area contributed by atoms with Crippen molar-refractivity contribution < 1.29 is 4.39 Å². The molecule has 0 fully saturated rings. The van der Waals surface area contributed by atoms with Crippen molar-refractivity contribution in [3.63, 3.8) is 0 Å². The van der Waals surface area contributed by atoms with Crippen molar-refractivity contribution in [2.45, 2.75) is 26.8 Å². The normalized spacial score (nSPS) is 12.5. The van der Waals surface area contributed by atoms with Crippen molar-refractivity contribution in [3.8, 4) is 0 Å². The molecule has 0 heterocycles. The fourth-order valence-corrected chi connectivity index (χ4v) is 3.47. The van der Waals surface area contributed by atoms with E-state index in [4.69, 9.17) is 11.6 Å². The van der Waals surface area contributed by atoms with Gasteiger partial charge in [-0.25, -0.2) is 4.39 Å². The molecule has 0 saturated heterocycles. The molecule has 112 valence electrons. The van der Waals surface area contributed by atoms with E-state index in [-0.39, 0.29) is 11.9 Å². The summed E-state index contributed by atoms with van der Waals surface area (Å²) in [5, 5.41) is 4.19. The summed E-state index contributed by atoms with van der Waals surface area (Å²) < 4.78 is 14.2. The van der Waals surface area contributed by atoms with Crippen LogP contribution in [0, 0.1) is 23.2 Å². The van der Waals surface area contributed by atoms with Crippen LogP contribution in [-0.2, 0) is 0 Å². The highest BCUT2D eigenvalue weighted by molar-refractivity contribution is 14.1. The number of benzene rings is 2. The predicted octanol–water partition coefficient (Wildman–Crippen LogP) is 5.40. The van der Waals surface area contributed by atoms with E-state index in [0.717, 1.165) is 26.3 Å². The van der Waals surface area contributed by atoms with Crippen LogP contribution in [-0.4, -0.2) is 6.54 Å². The molecule has 0 amide bonds. The number of hydrogen-bond acceptors (Lipinski definition) is 1. The second-order valence-electron chi connectivity index (χ2n) is 5.11. The minimum absolute atomic E-state index is 0.0331. The smallest absolute Gasteiger partial charge is 0.124 e. The van der Waals surface area contributed by atoms with E-state index in [0.29, 0.717) is 0 Å². The lowest BCUT2D eigenvalue weighted by Gasteiger charge is -2.22. The molecule has 1 atom stereocenters. The summed E-state index contributed by atoms with van der Waals surface area (Å²) in [6, 6.07) is 8.95. The van der Waals surface area contributed by atoms with Crippen molar-refractivity contribution in [1.82, 2.24) is 5.32 Å². The minimum Gasteiger partial charge on any atom is -0.306 e. The van der Waals surface area contributed by atoms with E-state index in [1.54, 1.807) is 6.07 Å². The molecule has 2 aromatic carbocycles. The Morgan fingerprint density at radius 3 is 2.43 bits per heavy atom. The molecule has 1 nitrogen and oxygen atoms in total. The van der Waals surface area contributed by atoms with Gasteiger partial charge in [0.2, 0.25) is 0 Å². The third-order valence-electron chi connectivity index (χ3n) is 3.61. The Balaban J connectivity index is 2.55. The lowest BCUT2D eigenvalue weighted by atomic mass is 9.95. The molecule has 4 heteroatoms. The van der Waals surface area contributed by atoms with Crippen LogP contribution in [0.3, 0.4) is 0 Å². The third kappa shape index (κ3) is 3.76. The van der Waals surface area contributed by atoms with E-state index in [9.17, 15) is 4.39 Å². The minimum atomic E-state index is -0.218. The highest BCUT2D eigenvalue weighted by Crippen LogP contribution is 2.33. The molecule has 0 aromatic heterocycles. The largest absolute Gasteiger partial charge is 0.306 e. The molecule has 1 N–H and O–H groups in total. The first-order chi connectivity index (χ1) is 9.93. The van der Waals surface area contributed by atoms with Gasteiger partial charge in [-0.2, -0.15) is 0 Å².